The van der Waals surface area contributed by atoms with E-state index >= 15 is 0 Å². The van der Waals surface area contributed by atoms with Crippen LogP contribution in [0, 0.1) is 11.3 Å². The number of aromatic nitrogens is 3. The van der Waals surface area contributed by atoms with E-state index < -0.39 is 5.60 Å². The van der Waals surface area contributed by atoms with Gasteiger partial charge in [0.1, 0.15) is 12.2 Å². The fourth-order valence-electron chi connectivity index (χ4n) is 3.18. The van der Waals surface area contributed by atoms with Crippen LogP contribution in [0.3, 0.4) is 0 Å². The summed E-state index contributed by atoms with van der Waals surface area (Å²) < 4.78 is 1.88. The Hall–Kier alpha value is -0.900. The minimum Gasteiger partial charge on any atom is -0.389 e. The highest BCUT2D eigenvalue weighted by atomic mass is 16.3. The lowest BCUT2D eigenvalue weighted by Gasteiger charge is -2.41. The molecule has 0 spiro atoms. The van der Waals surface area contributed by atoms with Crippen LogP contribution in [0.15, 0.2) is 6.33 Å². The van der Waals surface area contributed by atoms with Gasteiger partial charge in [0.05, 0.1) is 5.60 Å². The average molecular weight is 265 g/mol. The SMILES string of the molecule is CCn1ncnc1CC1(O)CCC(C(C)(C)C)CC1. The summed E-state index contributed by atoms with van der Waals surface area (Å²) in [5, 5.41) is 14.9. The summed E-state index contributed by atoms with van der Waals surface area (Å²) in [4.78, 5) is 4.29. The van der Waals surface area contributed by atoms with Crippen molar-refractivity contribution in [1.29, 1.82) is 0 Å². The van der Waals surface area contributed by atoms with Gasteiger partial charge in [-0.2, -0.15) is 5.10 Å². The smallest absolute Gasteiger partial charge is 0.138 e. The highest BCUT2D eigenvalue weighted by molar-refractivity contribution is 4.98. The maximum atomic E-state index is 10.8. The summed E-state index contributed by atoms with van der Waals surface area (Å²) in [6.45, 7) is 9.77. The van der Waals surface area contributed by atoms with Gasteiger partial charge in [-0.15, -0.1) is 0 Å². The van der Waals surface area contributed by atoms with Crippen molar-refractivity contribution in [2.75, 3.05) is 0 Å². The van der Waals surface area contributed by atoms with Crippen LogP contribution in [0.25, 0.3) is 0 Å². The largest absolute Gasteiger partial charge is 0.389 e. The van der Waals surface area contributed by atoms with Crippen LogP contribution in [-0.2, 0) is 13.0 Å². The second-order valence-corrected chi connectivity index (χ2v) is 7.03. The monoisotopic (exact) mass is 265 g/mol. The van der Waals surface area contributed by atoms with Crippen molar-refractivity contribution in [2.45, 2.75) is 71.9 Å². The lowest BCUT2D eigenvalue weighted by atomic mass is 9.67. The first-order valence-corrected chi connectivity index (χ1v) is 7.43. The summed E-state index contributed by atoms with van der Waals surface area (Å²) in [6, 6.07) is 0. The van der Waals surface area contributed by atoms with E-state index in [1.165, 1.54) is 0 Å². The Kier molecular flexibility index (Phi) is 4.00. The van der Waals surface area contributed by atoms with Gasteiger partial charge in [0.25, 0.3) is 0 Å². The van der Waals surface area contributed by atoms with Crippen LogP contribution in [-0.4, -0.2) is 25.5 Å². The van der Waals surface area contributed by atoms with Gasteiger partial charge >= 0.3 is 0 Å². The Balaban J connectivity index is 1.99. The van der Waals surface area contributed by atoms with Crippen molar-refractivity contribution < 1.29 is 5.11 Å². The van der Waals surface area contributed by atoms with Gasteiger partial charge in [0.2, 0.25) is 0 Å². The van der Waals surface area contributed by atoms with Crippen LogP contribution in [0.2, 0.25) is 0 Å². The Morgan fingerprint density at radius 3 is 2.53 bits per heavy atom. The Morgan fingerprint density at radius 1 is 1.37 bits per heavy atom. The van der Waals surface area contributed by atoms with Gasteiger partial charge < -0.3 is 5.11 Å². The van der Waals surface area contributed by atoms with E-state index in [1.807, 2.05) is 4.68 Å². The molecule has 0 amide bonds. The highest BCUT2D eigenvalue weighted by Gasteiger charge is 2.38. The third-order valence-electron chi connectivity index (χ3n) is 4.62. The molecule has 4 heteroatoms. The number of hydrogen-bond acceptors (Lipinski definition) is 3. The highest BCUT2D eigenvalue weighted by Crippen LogP contribution is 2.42. The van der Waals surface area contributed by atoms with Gasteiger partial charge in [-0.3, -0.25) is 4.68 Å². The summed E-state index contributed by atoms with van der Waals surface area (Å²) in [5.41, 5.74) is -0.230. The molecule has 0 aliphatic heterocycles. The normalized spacial score (nSPS) is 28.6. The molecule has 0 aromatic carbocycles. The molecule has 4 nitrogen and oxygen atoms in total. The number of aryl methyl sites for hydroxylation is 1. The van der Waals surface area contributed by atoms with Crippen molar-refractivity contribution in [3.63, 3.8) is 0 Å². The van der Waals surface area contributed by atoms with Gasteiger partial charge in [0, 0.05) is 13.0 Å². The lowest BCUT2D eigenvalue weighted by molar-refractivity contribution is -0.0265. The second kappa shape index (κ2) is 5.23. The predicted octanol–water partition coefficient (Wildman–Crippen LogP) is 2.81. The van der Waals surface area contributed by atoms with Gasteiger partial charge in [0.15, 0.2) is 0 Å². The first-order chi connectivity index (χ1) is 8.84. The molecule has 0 atom stereocenters. The van der Waals surface area contributed by atoms with Crippen molar-refractivity contribution >= 4 is 0 Å². The quantitative estimate of drug-likeness (QED) is 0.914. The minimum atomic E-state index is -0.582. The van der Waals surface area contributed by atoms with E-state index in [2.05, 4.69) is 37.8 Å². The maximum absolute atomic E-state index is 10.8. The minimum absolute atomic E-state index is 0.352. The molecule has 1 aliphatic rings. The van der Waals surface area contributed by atoms with E-state index in [4.69, 9.17) is 0 Å². The number of hydrogen-bond donors (Lipinski definition) is 1. The fourth-order valence-corrected chi connectivity index (χ4v) is 3.18. The Labute approximate surface area is 116 Å². The molecule has 19 heavy (non-hydrogen) atoms. The van der Waals surface area contributed by atoms with Crippen molar-refractivity contribution in [3.8, 4) is 0 Å². The summed E-state index contributed by atoms with van der Waals surface area (Å²) in [7, 11) is 0. The molecule has 1 aromatic heterocycles. The molecule has 0 radical (unpaired) electrons. The van der Waals surface area contributed by atoms with Crippen molar-refractivity contribution in [1.82, 2.24) is 14.8 Å². The lowest BCUT2D eigenvalue weighted by Crippen LogP contribution is -2.39. The van der Waals surface area contributed by atoms with Crippen LogP contribution in [0.1, 0.15) is 59.2 Å². The topological polar surface area (TPSA) is 50.9 Å². The molecule has 1 heterocycles. The first kappa shape index (κ1) is 14.5. The molecule has 0 bridgehead atoms. The molecule has 1 N–H and O–H groups in total. The Bertz CT molecular complexity index is 411. The first-order valence-electron chi connectivity index (χ1n) is 7.43. The van der Waals surface area contributed by atoms with E-state index in [-0.39, 0.29) is 0 Å². The zero-order valence-electron chi connectivity index (χ0n) is 12.7. The van der Waals surface area contributed by atoms with E-state index in [0.717, 1.165) is 44.0 Å². The van der Waals surface area contributed by atoms with Crippen LogP contribution in [0.4, 0.5) is 0 Å². The maximum Gasteiger partial charge on any atom is 0.138 e. The van der Waals surface area contributed by atoms with Crippen LogP contribution >= 0.6 is 0 Å². The molecule has 1 aliphatic carbocycles. The molecule has 1 aromatic rings. The second-order valence-electron chi connectivity index (χ2n) is 7.03. The molecule has 1 fully saturated rings. The predicted molar refractivity (Wildman–Crippen MR) is 75.8 cm³/mol. The third kappa shape index (κ3) is 3.35. The van der Waals surface area contributed by atoms with E-state index in [9.17, 15) is 5.11 Å². The molecule has 2 rings (SSSR count). The standard InChI is InChI=1S/C15H27N3O/c1-5-18-13(16-11-17-18)10-15(19)8-6-12(7-9-15)14(2,3)4/h11-12,19H,5-10H2,1-4H3. The molecular formula is C15H27N3O. The van der Waals surface area contributed by atoms with E-state index in [0.29, 0.717) is 11.8 Å². The molecule has 0 saturated heterocycles. The van der Waals surface area contributed by atoms with Crippen LogP contribution < -0.4 is 0 Å². The van der Waals surface area contributed by atoms with Crippen molar-refractivity contribution in [3.05, 3.63) is 12.2 Å². The average Bonchev–Trinajstić information content (AvgIpc) is 2.75. The fraction of sp³-hybridized carbons (Fsp3) is 0.867. The number of nitrogens with zero attached hydrogens (tertiary/aromatic N) is 3. The zero-order valence-corrected chi connectivity index (χ0v) is 12.7. The summed E-state index contributed by atoms with van der Waals surface area (Å²) in [5.74, 6) is 1.64. The molecule has 1 saturated carbocycles. The summed E-state index contributed by atoms with van der Waals surface area (Å²) in [6.07, 6.45) is 6.21. The Morgan fingerprint density at radius 2 is 2.00 bits per heavy atom. The van der Waals surface area contributed by atoms with Gasteiger partial charge in [-0.1, -0.05) is 20.8 Å². The van der Waals surface area contributed by atoms with Gasteiger partial charge in [-0.25, -0.2) is 4.98 Å². The number of rotatable bonds is 3. The van der Waals surface area contributed by atoms with E-state index in [1.54, 1.807) is 6.33 Å². The molecular weight excluding hydrogens is 238 g/mol. The molecule has 0 unspecified atom stereocenters. The van der Waals surface area contributed by atoms with Crippen molar-refractivity contribution in [2.24, 2.45) is 11.3 Å². The number of aliphatic hydroxyl groups is 1. The summed E-state index contributed by atoms with van der Waals surface area (Å²) >= 11 is 0. The van der Waals surface area contributed by atoms with Crippen LogP contribution in [0.5, 0.6) is 0 Å². The third-order valence-corrected chi connectivity index (χ3v) is 4.62. The van der Waals surface area contributed by atoms with Gasteiger partial charge in [-0.05, 0) is 43.9 Å². The molecule has 108 valence electrons. The zero-order chi connectivity index (χ0) is 14.1.